The number of amides is 2. The van der Waals surface area contributed by atoms with Crippen molar-refractivity contribution in [2.24, 2.45) is 0 Å². The Hall–Kier alpha value is -1.85. The number of hydrogen-bond donors (Lipinski definition) is 2. The number of carbonyl (C=O) groups is 1. The molecule has 0 spiro atoms. The Labute approximate surface area is 134 Å². The monoisotopic (exact) mass is 322 g/mol. The molecule has 0 aliphatic heterocycles. The smallest absolute Gasteiger partial charge is 0.332 e. The molecule has 1 N–H and O–H groups in total. The van der Waals surface area contributed by atoms with Crippen molar-refractivity contribution in [2.75, 3.05) is 17.5 Å². The number of thiol groups is 1. The van der Waals surface area contributed by atoms with E-state index in [9.17, 15) is 4.79 Å². The van der Waals surface area contributed by atoms with Crippen LogP contribution < -0.4 is 14.4 Å². The number of hydrogen-bond acceptors (Lipinski definition) is 3. The van der Waals surface area contributed by atoms with Crippen molar-refractivity contribution >= 4 is 36.1 Å². The Balaban J connectivity index is 1.76. The summed E-state index contributed by atoms with van der Waals surface area (Å²) in [5.74, 6) is 0.596. The second-order valence-corrected chi connectivity index (χ2v) is 4.97. The molecule has 0 fully saturated rings. The minimum absolute atomic E-state index is 0.313. The molecule has 4 nitrogen and oxygen atoms in total. The molecule has 0 heterocycles. The third-order valence-corrected chi connectivity index (χ3v) is 3.39. The first-order valence-corrected chi connectivity index (χ1v) is 7.15. The molecule has 0 radical (unpaired) electrons. The summed E-state index contributed by atoms with van der Waals surface area (Å²) < 4.78 is 6.73. The molecule has 0 saturated carbocycles. The van der Waals surface area contributed by atoms with Crippen molar-refractivity contribution in [3.63, 3.8) is 0 Å². The zero-order valence-electron chi connectivity index (χ0n) is 11.2. The summed E-state index contributed by atoms with van der Waals surface area (Å²) in [5.41, 5.74) is 0.699. The largest absolute Gasteiger partial charge is 0.490 e. The van der Waals surface area contributed by atoms with Gasteiger partial charge in [0.1, 0.15) is 12.4 Å². The standard InChI is InChI=1S/C15H15ClN2O2S/c16-13-8-4-5-9-14(13)20-11-10-17-15(19)18(21)12-6-2-1-3-7-12/h1-9,21H,10-11H2,(H,17,19). The molecule has 0 bridgehead atoms. The van der Waals surface area contributed by atoms with E-state index >= 15 is 0 Å². The van der Waals surface area contributed by atoms with E-state index in [-0.39, 0.29) is 6.03 Å². The minimum atomic E-state index is -0.313. The number of nitrogens with one attached hydrogen (secondary N) is 1. The van der Waals surface area contributed by atoms with E-state index in [1.165, 1.54) is 4.31 Å². The third kappa shape index (κ3) is 4.58. The number of para-hydroxylation sites is 2. The lowest BCUT2D eigenvalue weighted by Gasteiger charge is -2.16. The van der Waals surface area contributed by atoms with Crippen molar-refractivity contribution in [1.82, 2.24) is 5.32 Å². The molecular weight excluding hydrogens is 308 g/mol. The maximum Gasteiger partial charge on any atom is 0.332 e. The van der Waals surface area contributed by atoms with Crippen LogP contribution in [0.25, 0.3) is 0 Å². The highest BCUT2D eigenvalue weighted by atomic mass is 35.5. The van der Waals surface area contributed by atoms with E-state index in [2.05, 4.69) is 18.1 Å². The van der Waals surface area contributed by atoms with Crippen LogP contribution in [-0.4, -0.2) is 19.2 Å². The Morgan fingerprint density at radius 2 is 1.81 bits per heavy atom. The van der Waals surface area contributed by atoms with Crippen LogP contribution in [0.2, 0.25) is 5.02 Å². The highest BCUT2D eigenvalue weighted by Crippen LogP contribution is 2.22. The van der Waals surface area contributed by atoms with Gasteiger partial charge >= 0.3 is 6.03 Å². The van der Waals surface area contributed by atoms with Gasteiger partial charge in [0, 0.05) is 0 Å². The fourth-order valence-corrected chi connectivity index (χ4v) is 2.04. The Morgan fingerprint density at radius 3 is 2.52 bits per heavy atom. The molecule has 110 valence electrons. The molecule has 0 unspecified atom stereocenters. The second-order valence-electron chi connectivity index (χ2n) is 4.16. The Morgan fingerprint density at radius 1 is 1.14 bits per heavy atom. The number of carbonyl (C=O) groups excluding carboxylic acids is 1. The van der Waals surface area contributed by atoms with E-state index < -0.39 is 0 Å². The van der Waals surface area contributed by atoms with Gasteiger partial charge in [-0.1, -0.05) is 54.7 Å². The third-order valence-electron chi connectivity index (χ3n) is 2.67. The predicted molar refractivity (Wildman–Crippen MR) is 88.3 cm³/mol. The van der Waals surface area contributed by atoms with Gasteiger partial charge in [-0.05, 0) is 24.3 Å². The molecule has 21 heavy (non-hydrogen) atoms. The van der Waals surface area contributed by atoms with Gasteiger partial charge in [-0.15, -0.1) is 0 Å². The Bertz CT molecular complexity index is 595. The summed E-state index contributed by atoms with van der Waals surface area (Å²) in [6, 6.07) is 16.0. The van der Waals surface area contributed by atoms with Crippen LogP contribution in [0.15, 0.2) is 54.6 Å². The zero-order chi connectivity index (χ0) is 15.1. The van der Waals surface area contributed by atoms with Crippen LogP contribution in [0.1, 0.15) is 0 Å². The Kier molecular flexibility index (Phi) is 5.78. The van der Waals surface area contributed by atoms with Gasteiger partial charge in [0.05, 0.1) is 17.3 Å². The molecule has 0 atom stereocenters. The molecule has 2 aromatic carbocycles. The number of benzene rings is 2. The average Bonchev–Trinajstić information content (AvgIpc) is 2.53. The molecule has 2 amide bonds. The van der Waals surface area contributed by atoms with Gasteiger partial charge < -0.3 is 10.1 Å². The summed E-state index contributed by atoms with van der Waals surface area (Å²) in [7, 11) is 0. The number of ether oxygens (including phenoxy) is 1. The quantitative estimate of drug-likeness (QED) is 0.650. The van der Waals surface area contributed by atoms with Gasteiger partial charge in [0.2, 0.25) is 0 Å². The molecule has 0 aromatic heterocycles. The van der Waals surface area contributed by atoms with E-state index in [1.807, 2.05) is 30.3 Å². The normalized spacial score (nSPS) is 10.0. The summed E-state index contributed by atoms with van der Waals surface area (Å²) in [4.78, 5) is 11.9. The maximum absolute atomic E-state index is 11.9. The van der Waals surface area contributed by atoms with Crippen LogP contribution in [0.4, 0.5) is 10.5 Å². The lowest BCUT2D eigenvalue weighted by molar-refractivity contribution is 0.245. The number of halogens is 1. The number of urea groups is 1. The molecule has 2 aromatic rings. The van der Waals surface area contributed by atoms with Crippen LogP contribution in [0.3, 0.4) is 0 Å². The summed E-state index contributed by atoms with van der Waals surface area (Å²) in [5, 5.41) is 3.26. The van der Waals surface area contributed by atoms with Gasteiger partial charge in [-0.2, -0.15) is 0 Å². The van der Waals surface area contributed by atoms with Crippen molar-refractivity contribution < 1.29 is 9.53 Å². The second kappa shape index (κ2) is 7.81. The highest BCUT2D eigenvalue weighted by molar-refractivity contribution is 7.82. The van der Waals surface area contributed by atoms with Gasteiger partial charge in [0.25, 0.3) is 0 Å². The van der Waals surface area contributed by atoms with Gasteiger partial charge in [-0.3, -0.25) is 0 Å². The first-order valence-electron chi connectivity index (χ1n) is 6.37. The first-order chi connectivity index (χ1) is 10.2. The molecular formula is C15H15ClN2O2S. The number of rotatable bonds is 5. The highest BCUT2D eigenvalue weighted by Gasteiger charge is 2.10. The summed E-state index contributed by atoms with van der Waals surface area (Å²) >= 11 is 10.1. The van der Waals surface area contributed by atoms with E-state index in [0.717, 1.165) is 0 Å². The number of anilines is 1. The fraction of sp³-hybridized carbons (Fsp3) is 0.133. The molecule has 0 saturated heterocycles. The van der Waals surface area contributed by atoms with Crippen molar-refractivity contribution in [1.29, 1.82) is 0 Å². The van der Waals surface area contributed by atoms with E-state index in [4.69, 9.17) is 16.3 Å². The topological polar surface area (TPSA) is 41.6 Å². The lowest BCUT2D eigenvalue weighted by Crippen LogP contribution is -2.36. The van der Waals surface area contributed by atoms with Crippen LogP contribution in [-0.2, 0) is 0 Å². The van der Waals surface area contributed by atoms with Crippen molar-refractivity contribution in [3.05, 3.63) is 59.6 Å². The molecule has 2 rings (SSSR count). The van der Waals surface area contributed by atoms with Crippen molar-refractivity contribution in [2.45, 2.75) is 0 Å². The molecule has 6 heteroatoms. The van der Waals surface area contributed by atoms with Gasteiger partial charge in [0.15, 0.2) is 0 Å². The predicted octanol–water partition coefficient (Wildman–Crippen LogP) is 3.78. The molecule has 0 aliphatic carbocycles. The van der Waals surface area contributed by atoms with Crippen LogP contribution >= 0.6 is 24.4 Å². The van der Waals surface area contributed by atoms with Crippen LogP contribution in [0.5, 0.6) is 5.75 Å². The van der Waals surface area contributed by atoms with Crippen molar-refractivity contribution in [3.8, 4) is 5.75 Å². The minimum Gasteiger partial charge on any atom is -0.490 e. The average molecular weight is 323 g/mol. The molecule has 0 aliphatic rings. The zero-order valence-corrected chi connectivity index (χ0v) is 12.8. The van der Waals surface area contributed by atoms with E-state index in [1.54, 1.807) is 24.3 Å². The number of nitrogens with zero attached hydrogens (tertiary/aromatic N) is 1. The fourth-order valence-electron chi connectivity index (χ4n) is 1.64. The van der Waals surface area contributed by atoms with E-state index in [0.29, 0.717) is 29.6 Å². The van der Waals surface area contributed by atoms with Gasteiger partial charge in [-0.25, -0.2) is 9.10 Å². The van der Waals surface area contributed by atoms with Crippen LogP contribution in [0, 0.1) is 0 Å². The first kappa shape index (κ1) is 15.5. The summed E-state index contributed by atoms with van der Waals surface area (Å²) in [6.45, 7) is 0.680. The SMILES string of the molecule is O=C(NCCOc1ccccc1Cl)N(S)c1ccccc1. The lowest BCUT2D eigenvalue weighted by atomic mass is 10.3. The summed E-state index contributed by atoms with van der Waals surface area (Å²) in [6.07, 6.45) is 0. The maximum atomic E-state index is 11.9.